The lowest BCUT2D eigenvalue weighted by atomic mass is 10.2. The number of hydrogen-bond donors (Lipinski definition) is 2. The molecule has 0 fully saturated rings. The lowest BCUT2D eigenvalue weighted by Crippen LogP contribution is -2.36. The molecule has 3 nitrogen and oxygen atoms in total. The van der Waals surface area contributed by atoms with Gasteiger partial charge >= 0.3 is 0 Å². The topological polar surface area (TPSA) is 36.4 Å². The molecule has 0 saturated heterocycles. The Morgan fingerprint density at radius 3 is 2.79 bits per heavy atom. The molecule has 0 amide bonds. The van der Waals surface area contributed by atoms with Crippen LogP contribution in [0.15, 0.2) is 40.7 Å². The molecule has 0 aromatic heterocycles. The maximum Gasteiger partial charge on any atom is 0.191 e. The van der Waals surface area contributed by atoms with Crippen molar-refractivity contribution in [1.82, 2.24) is 10.6 Å². The van der Waals surface area contributed by atoms with Crippen molar-refractivity contribution >= 4 is 41.7 Å². The average Bonchev–Trinajstić information content (AvgIpc) is 2.39. The molecule has 0 aliphatic carbocycles. The van der Waals surface area contributed by atoms with Crippen LogP contribution >= 0.6 is 35.7 Å². The van der Waals surface area contributed by atoms with Crippen molar-refractivity contribution in [2.75, 3.05) is 19.8 Å². The maximum atomic E-state index is 13.2. The monoisotopic (exact) mass is 395 g/mol. The zero-order valence-electron chi connectivity index (χ0n) is 11.1. The first-order valence-electron chi connectivity index (χ1n) is 5.59. The summed E-state index contributed by atoms with van der Waals surface area (Å²) in [5.41, 5.74) is 0.920. The second-order valence-electron chi connectivity index (χ2n) is 3.55. The third-order valence-corrected chi connectivity index (χ3v) is 3.16. The highest BCUT2D eigenvalue weighted by atomic mass is 127. The van der Waals surface area contributed by atoms with Gasteiger partial charge in [0, 0.05) is 25.0 Å². The van der Waals surface area contributed by atoms with Gasteiger partial charge in [0.05, 0.1) is 0 Å². The first-order valence-corrected chi connectivity index (χ1v) is 6.81. The molecule has 1 aromatic carbocycles. The molecule has 19 heavy (non-hydrogen) atoms. The van der Waals surface area contributed by atoms with Crippen LogP contribution in [0.25, 0.3) is 0 Å². The van der Waals surface area contributed by atoms with E-state index in [4.69, 9.17) is 0 Å². The van der Waals surface area contributed by atoms with E-state index in [-0.39, 0.29) is 29.8 Å². The van der Waals surface area contributed by atoms with Crippen LogP contribution in [0.2, 0.25) is 0 Å². The third-order valence-electron chi connectivity index (χ3n) is 2.33. The Labute approximate surface area is 135 Å². The van der Waals surface area contributed by atoms with Crippen molar-refractivity contribution in [1.29, 1.82) is 0 Å². The number of nitrogens with zero attached hydrogens (tertiary/aromatic N) is 1. The molecule has 1 rings (SSSR count). The second kappa shape index (κ2) is 10.1. The number of hydrogen-bond acceptors (Lipinski definition) is 2. The molecule has 0 aliphatic rings. The number of halogens is 2. The molecule has 0 heterocycles. The Morgan fingerprint density at radius 2 is 2.21 bits per heavy atom. The van der Waals surface area contributed by atoms with E-state index in [0.717, 1.165) is 10.5 Å². The lowest BCUT2D eigenvalue weighted by molar-refractivity contribution is 0.622. The van der Waals surface area contributed by atoms with Gasteiger partial charge in [-0.3, -0.25) is 4.99 Å². The van der Waals surface area contributed by atoms with E-state index in [9.17, 15) is 4.39 Å². The molecule has 1 aromatic rings. The summed E-state index contributed by atoms with van der Waals surface area (Å²) in [6, 6.07) is 4.80. The van der Waals surface area contributed by atoms with Crippen molar-refractivity contribution < 1.29 is 4.39 Å². The fourth-order valence-electron chi connectivity index (χ4n) is 1.45. The normalized spacial score (nSPS) is 10.6. The van der Waals surface area contributed by atoms with Crippen LogP contribution in [0.4, 0.5) is 4.39 Å². The number of guanidine groups is 1. The first kappa shape index (κ1) is 18.2. The summed E-state index contributed by atoms with van der Waals surface area (Å²) in [4.78, 5) is 5.12. The van der Waals surface area contributed by atoms with Gasteiger partial charge in [0.25, 0.3) is 0 Å². The first-order chi connectivity index (χ1) is 8.71. The van der Waals surface area contributed by atoms with Crippen LogP contribution < -0.4 is 10.6 Å². The van der Waals surface area contributed by atoms with E-state index >= 15 is 0 Å². The van der Waals surface area contributed by atoms with Crippen LogP contribution in [0.5, 0.6) is 0 Å². The molecule has 0 spiro atoms. The predicted molar refractivity (Wildman–Crippen MR) is 92.0 cm³/mol. The highest BCUT2D eigenvalue weighted by Gasteiger charge is 2.04. The third kappa shape index (κ3) is 6.29. The molecule has 0 unspecified atom stereocenters. The van der Waals surface area contributed by atoms with E-state index in [2.05, 4.69) is 22.2 Å². The summed E-state index contributed by atoms with van der Waals surface area (Å²) in [5, 5.41) is 6.20. The minimum atomic E-state index is -0.223. The van der Waals surface area contributed by atoms with Gasteiger partial charge in [0.1, 0.15) is 5.82 Å². The zero-order valence-corrected chi connectivity index (χ0v) is 14.2. The Hall–Kier alpha value is -0.760. The average molecular weight is 395 g/mol. The summed E-state index contributed by atoms with van der Waals surface area (Å²) in [6.07, 6.45) is 3.73. The molecule has 106 valence electrons. The van der Waals surface area contributed by atoms with Crippen LogP contribution in [-0.4, -0.2) is 25.8 Å². The highest BCUT2D eigenvalue weighted by molar-refractivity contribution is 14.0. The van der Waals surface area contributed by atoms with E-state index in [1.165, 1.54) is 6.07 Å². The number of aliphatic imine (C=N–C) groups is 1. The summed E-state index contributed by atoms with van der Waals surface area (Å²) in [5.74, 6) is 0.449. The summed E-state index contributed by atoms with van der Waals surface area (Å²) in [7, 11) is 1.69. The van der Waals surface area contributed by atoms with Gasteiger partial charge in [-0.2, -0.15) is 0 Å². The lowest BCUT2D eigenvalue weighted by Gasteiger charge is -2.12. The molecule has 0 atom stereocenters. The minimum absolute atomic E-state index is 0. The van der Waals surface area contributed by atoms with E-state index in [0.29, 0.717) is 19.0 Å². The van der Waals surface area contributed by atoms with E-state index in [1.54, 1.807) is 37.0 Å². The van der Waals surface area contributed by atoms with Crippen LogP contribution in [0.3, 0.4) is 0 Å². The van der Waals surface area contributed by atoms with E-state index in [1.807, 2.05) is 6.26 Å². The summed E-state index contributed by atoms with van der Waals surface area (Å²) in [6.45, 7) is 4.80. The largest absolute Gasteiger partial charge is 0.353 e. The van der Waals surface area contributed by atoms with Crippen molar-refractivity contribution in [2.24, 2.45) is 4.99 Å². The van der Waals surface area contributed by atoms with Gasteiger partial charge in [-0.25, -0.2) is 4.39 Å². The van der Waals surface area contributed by atoms with Crippen molar-refractivity contribution in [3.63, 3.8) is 0 Å². The molecule has 0 radical (unpaired) electrons. The van der Waals surface area contributed by atoms with Gasteiger partial charge in [0.2, 0.25) is 0 Å². The van der Waals surface area contributed by atoms with Crippen molar-refractivity contribution in [3.05, 3.63) is 42.2 Å². The Kier molecular flexibility index (Phi) is 9.68. The zero-order chi connectivity index (χ0) is 13.4. The molecule has 0 aliphatic heterocycles. The number of nitrogens with one attached hydrogen (secondary N) is 2. The van der Waals surface area contributed by atoms with Crippen molar-refractivity contribution in [3.8, 4) is 0 Å². The standard InChI is InChI=1S/C13H18FN3S.HI/c1-4-7-16-13(15-2)17-9-10-8-11(14)5-6-12(10)18-3;/h4-6,8H,1,7,9H2,2-3H3,(H2,15,16,17);1H. The maximum absolute atomic E-state index is 13.2. The smallest absolute Gasteiger partial charge is 0.191 e. The number of benzene rings is 1. The Bertz CT molecular complexity index is 438. The van der Waals surface area contributed by atoms with Gasteiger partial charge in [-0.05, 0) is 30.0 Å². The molecule has 0 bridgehead atoms. The quantitative estimate of drug-likeness (QED) is 0.265. The predicted octanol–water partition coefficient (Wildman–Crippen LogP) is 3.02. The fourth-order valence-corrected chi connectivity index (χ4v) is 2.05. The van der Waals surface area contributed by atoms with Crippen LogP contribution in [0.1, 0.15) is 5.56 Å². The van der Waals surface area contributed by atoms with Gasteiger partial charge < -0.3 is 10.6 Å². The molecule has 2 N–H and O–H groups in total. The fraction of sp³-hybridized carbons (Fsp3) is 0.308. The SMILES string of the molecule is C=CCNC(=NC)NCc1cc(F)ccc1SC.I. The summed E-state index contributed by atoms with van der Waals surface area (Å²) < 4.78 is 13.2. The number of thioether (sulfide) groups is 1. The van der Waals surface area contributed by atoms with Gasteiger partial charge in [-0.1, -0.05) is 6.08 Å². The summed E-state index contributed by atoms with van der Waals surface area (Å²) >= 11 is 1.60. The Balaban J connectivity index is 0.00000324. The molecular formula is C13H19FIN3S. The minimum Gasteiger partial charge on any atom is -0.353 e. The molecular weight excluding hydrogens is 376 g/mol. The van der Waals surface area contributed by atoms with Crippen LogP contribution in [-0.2, 0) is 6.54 Å². The van der Waals surface area contributed by atoms with Crippen LogP contribution in [0, 0.1) is 5.82 Å². The molecule has 6 heteroatoms. The van der Waals surface area contributed by atoms with Gasteiger partial charge in [0.15, 0.2) is 5.96 Å². The van der Waals surface area contributed by atoms with E-state index < -0.39 is 0 Å². The van der Waals surface area contributed by atoms with Crippen molar-refractivity contribution in [2.45, 2.75) is 11.4 Å². The highest BCUT2D eigenvalue weighted by Crippen LogP contribution is 2.20. The molecule has 0 saturated carbocycles. The van der Waals surface area contributed by atoms with Gasteiger partial charge in [-0.15, -0.1) is 42.3 Å². The Morgan fingerprint density at radius 1 is 1.47 bits per heavy atom. The second-order valence-corrected chi connectivity index (χ2v) is 4.40. The number of rotatable bonds is 5.